The number of ether oxygens (including phenoxy) is 1. The second-order valence-electron chi connectivity index (χ2n) is 1.37. The Bertz CT molecular complexity index is 148. The van der Waals surface area contributed by atoms with E-state index >= 15 is 0 Å². The van der Waals surface area contributed by atoms with Crippen LogP contribution in [0.5, 0.6) is 0 Å². The van der Waals surface area contributed by atoms with Gasteiger partial charge in [-0.25, -0.2) is 4.79 Å². The first-order chi connectivity index (χ1) is 4.59. The third kappa shape index (κ3) is 2.38. The maximum absolute atomic E-state index is 11.9. The molecule has 0 fully saturated rings. The van der Waals surface area contributed by atoms with Crippen LogP contribution in [-0.2, 0) is 9.53 Å². The number of halogens is 1. The van der Waals surface area contributed by atoms with Crippen molar-refractivity contribution >= 4 is 5.97 Å². The summed E-state index contributed by atoms with van der Waals surface area (Å²) in [5, 5.41) is 9.55. The summed E-state index contributed by atoms with van der Waals surface area (Å²) in [7, 11) is 0. The zero-order valence-corrected chi connectivity index (χ0v) is 5.24. The van der Waals surface area contributed by atoms with Crippen molar-refractivity contribution in [2.75, 3.05) is 6.61 Å². The number of alkyl halides is 1. The number of hydrogen-bond acceptors (Lipinski definition) is 4. The van der Waals surface area contributed by atoms with Crippen molar-refractivity contribution in [1.82, 2.24) is 0 Å². The molecule has 0 saturated heterocycles. The zero-order chi connectivity index (χ0) is 8.15. The predicted molar refractivity (Wildman–Crippen MR) is 28.5 cm³/mol. The van der Waals surface area contributed by atoms with Crippen LogP contribution in [0.25, 0.3) is 0 Å². The smallest absolute Gasteiger partial charge is 0.445 e. The van der Waals surface area contributed by atoms with Crippen molar-refractivity contribution in [1.29, 1.82) is 0 Å². The summed E-state index contributed by atoms with van der Waals surface area (Å²) in [4.78, 5) is 18.3. The molecule has 0 bridgehead atoms. The maximum atomic E-state index is 11.9. The van der Waals surface area contributed by atoms with Crippen LogP contribution in [-0.4, -0.2) is 23.8 Å². The number of nitro groups is 1. The lowest BCUT2D eigenvalue weighted by Crippen LogP contribution is -2.26. The van der Waals surface area contributed by atoms with E-state index < -0.39 is 17.2 Å². The van der Waals surface area contributed by atoms with E-state index in [4.69, 9.17) is 0 Å². The van der Waals surface area contributed by atoms with Gasteiger partial charge in [0.05, 0.1) is 11.5 Å². The molecular formula is C4H6FNO4. The van der Waals surface area contributed by atoms with Crippen molar-refractivity contribution < 1.29 is 18.8 Å². The first kappa shape index (κ1) is 8.80. The van der Waals surface area contributed by atoms with Gasteiger partial charge in [-0.05, 0) is 6.92 Å². The molecule has 1 atom stereocenters. The van der Waals surface area contributed by atoms with Gasteiger partial charge in [0.25, 0.3) is 0 Å². The van der Waals surface area contributed by atoms with Gasteiger partial charge in [-0.3, -0.25) is 10.1 Å². The first-order valence-corrected chi connectivity index (χ1v) is 2.53. The molecule has 0 aromatic heterocycles. The second-order valence-corrected chi connectivity index (χ2v) is 1.37. The molecule has 1 unspecified atom stereocenters. The summed E-state index contributed by atoms with van der Waals surface area (Å²) < 4.78 is 15.9. The largest absolute Gasteiger partial charge is 0.459 e. The predicted octanol–water partition coefficient (Wildman–Crippen LogP) is 0.122. The summed E-state index contributed by atoms with van der Waals surface area (Å²) in [6.07, 6.45) is -2.75. The third-order valence-electron chi connectivity index (χ3n) is 0.666. The standard InChI is InChI=1S/C4H6FNO4/c1-2-10-4(7)3(5)6(8)9/h3H,2H2,1H3. The van der Waals surface area contributed by atoms with Crippen LogP contribution >= 0.6 is 0 Å². The Hall–Kier alpha value is -1.20. The maximum Gasteiger partial charge on any atom is 0.445 e. The van der Waals surface area contributed by atoms with Crippen LogP contribution in [0.3, 0.4) is 0 Å². The van der Waals surface area contributed by atoms with Gasteiger partial charge >= 0.3 is 12.3 Å². The molecule has 10 heavy (non-hydrogen) atoms. The van der Waals surface area contributed by atoms with E-state index in [1.807, 2.05) is 0 Å². The van der Waals surface area contributed by atoms with Crippen LogP contribution in [0.4, 0.5) is 4.39 Å². The van der Waals surface area contributed by atoms with Crippen LogP contribution in [0.15, 0.2) is 0 Å². The second kappa shape index (κ2) is 3.76. The van der Waals surface area contributed by atoms with E-state index in [0.29, 0.717) is 0 Å². The highest BCUT2D eigenvalue weighted by atomic mass is 19.1. The van der Waals surface area contributed by atoms with E-state index in [2.05, 4.69) is 4.74 Å². The van der Waals surface area contributed by atoms with E-state index in [0.717, 1.165) is 0 Å². The van der Waals surface area contributed by atoms with Crippen molar-refractivity contribution in [3.05, 3.63) is 10.1 Å². The molecule has 0 N–H and O–H groups in total. The van der Waals surface area contributed by atoms with Crippen LogP contribution < -0.4 is 0 Å². The molecule has 0 heterocycles. The highest BCUT2D eigenvalue weighted by Crippen LogP contribution is 1.94. The molecule has 0 amide bonds. The average molecular weight is 151 g/mol. The van der Waals surface area contributed by atoms with E-state index in [-0.39, 0.29) is 6.61 Å². The Morgan fingerprint density at radius 3 is 2.70 bits per heavy atom. The zero-order valence-electron chi connectivity index (χ0n) is 5.24. The Morgan fingerprint density at radius 2 is 2.40 bits per heavy atom. The number of carbonyl (C=O) groups excluding carboxylic acids is 1. The van der Waals surface area contributed by atoms with Gasteiger partial charge in [0.1, 0.15) is 0 Å². The minimum absolute atomic E-state index is 0.0624. The molecule has 6 heteroatoms. The number of nitrogens with zero attached hydrogens (tertiary/aromatic N) is 1. The highest BCUT2D eigenvalue weighted by Gasteiger charge is 2.29. The first-order valence-electron chi connectivity index (χ1n) is 2.53. The van der Waals surface area contributed by atoms with E-state index in [1.165, 1.54) is 6.92 Å². The molecule has 0 saturated carbocycles. The van der Waals surface area contributed by atoms with Crippen LogP contribution in [0, 0.1) is 10.1 Å². The van der Waals surface area contributed by atoms with Gasteiger partial charge in [-0.1, -0.05) is 0 Å². The highest BCUT2D eigenvalue weighted by molar-refractivity contribution is 5.72. The van der Waals surface area contributed by atoms with Gasteiger partial charge in [-0.15, -0.1) is 0 Å². The molecule has 0 spiro atoms. The Morgan fingerprint density at radius 1 is 1.90 bits per heavy atom. The third-order valence-corrected chi connectivity index (χ3v) is 0.666. The monoisotopic (exact) mass is 151 g/mol. The molecule has 0 aromatic carbocycles. The number of carbonyl (C=O) groups is 1. The minimum atomic E-state index is -2.75. The van der Waals surface area contributed by atoms with Crippen molar-refractivity contribution in [3.8, 4) is 0 Å². The van der Waals surface area contributed by atoms with E-state index in [9.17, 15) is 19.3 Å². The summed E-state index contributed by atoms with van der Waals surface area (Å²) in [5.74, 6) is -1.45. The van der Waals surface area contributed by atoms with Crippen LogP contribution in [0.1, 0.15) is 6.92 Å². The molecule has 0 radical (unpaired) electrons. The topological polar surface area (TPSA) is 69.4 Å². The van der Waals surface area contributed by atoms with Gasteiger partial charge < -0.3 is 4.74 Å². The van der Waals surface area contributed by atoms with Gasteiger partial charge in [0, 0.05) is 0 Å². The SMILES string of the molecule is CCOC(=O)C(F)[N+](=O)[O-]. The molecule has 0 aliphatic carbocycles. The fourth-order valence-corrected chi connectivity index (χ4v) is 0.297. The van der Waals surface area contributed by atoms with Crippen molar-refractivity contribution in [2.24, 2.45) is 0 Å². The van der Waals surface area contributed by atoms with Crippen LogP contribution in [0.2, 0.25) is 0 Å². The lowest BCUT2D eigenvalue weighted by Gasteiger charge is -1.98. The fourth-order valence-electron chi connectivity index (χ4n) is 0.297. The lowest BCUT2D eigenvalue weighted by atomic mass is 10.6. The quantitative estimate of drug-likeness (QED) is 0.248. The molecule has 0 aromatic rings. The summed E-state index contributed by atoms with van der Waals surface area (Å²) in [6.45, 7) is 1.37. The molecule has 58 valence electrons. The van der Waals surface area contributed by atoms with Gasteiger partial charge in [0.15, 0.2) is 0 Å². The van der Waals surface area contributed by atoms with Crippen molar-refractivity contribution in [3.63, 3.8) is 0 Å². The normalized spacial score (nSPS) is 12.2. The molecule has 5 nitrogen and oxygen atoms in total. The number of hydrogen-bond donors (Lipinski definition) is 0. The molecule has 0 aliphatic rings. The minimum Gasteiger partial charge on any atom is -0.459 e. The Labute approximate surface area is 55.9 Å². The summed E-state index contributed by atoms with van der Waals surface area (Å²) >= 11 is 0. The fraction of sp³-hybridized carbons (Fsp3) is 0.750. The number of esters is 1. The Kier molecular flexibility index (Phi) is 3.30. The Balaban J connectivity index is 3.82. The van der Waals surface area contributed by atoms with Gasteiger partial charge in [-0.2, -0.15) is 4.39 Å². The average Bonchev–Trinajstić information content (AvgIpc) is 1.87. The molecule has 0 aliphatic heterocycles. The summed E-state index contributed by atoms with van der Waals surface area (Å²) in [6, 6.07) is 0. The molecule has 0 rings (SSSR count). The van der Waals surface area contributed by atoms with Crippen molar-refractivity contribution in [2.45, 2.75) is 13.2 Å². The number of rotatable bonds is 3. The van der Waals surface area contributed by atoms with E-state index in [1.54, 1.807) is 0 Å². The molecular weight excluding hydrogens is 145 g/mol. The lowest BCUT2D eigenvalue weighted by molar-refractivity contribution is -0.539. The van der Waals surface area contributed by atoms with Gasteiger partial charge in [0.2, 0.25) is 0 Å². The summed E-state index contributed by atoms with van der Waals surface area (Å²) in [5.41, 5.74) is 0.